The lowest BCUT2D eigenvalue weighted by Gasteiger charge is -2.08. The summed E-state index contributed by atoms with van der Waals surface area (Å²) in [5.41, 5.74) is 4.63. The first-order valence-electron chi connectivity index (χ1n) is 9.98. The summed E-state index contributed by atoms with van der Waals surface area (Å²) < 4.78 is 30.7. The fraction of sp³-hybridized carbons (Fsp3) is 0.160. The van der Waals surface area contributed by atoms with Gasteiger partial charge in [0.25, 0.3) is 0 Å². The normalized spacial score (nSPS) is 11.5. The molecule has 0 fully saturated rings. The van der Waals surface area contributed by atoms with Crippen LogP contribution in [0.4, 0.5) is 5.69 Å². The molecule has 1 N–H and O–H groups in total. The van der Waals surface area contributed by atoms with E-state index in [1.54, 1.807) is 42.7 Å². The molecular formula is C25H23NO4S. The van der Waals surface area contributed by atoms with Crippen molar-refractivity contribution in [2.24, 2.45) is 0 Å². The molecule has 0 bridgehead atoms. The molecule has 4 aromatic rings. The van der Waals surface area contributed by atoms with Crippen LogP contribution < -0.4 is 5.32 Å². The van der Waals surface area contributed by atoms with Crippen molar-refractivity contribution >= 4 is 32.4 Å². The van der Waals surface area contributed by atoms with Gasteiger partial charge in [-0.1, -0.05) is 54.6 Å². The molecule has 0 unspecified atom stereocenters. The monoisotopic (exact) mass is 433 g/mol. The highest BCUT2D eigenvalue weighted by Gasteiger charge is 2.15. The minimum Gasteiger partial charge on any atom is -0.464 e. The summed E-state index contributed by atoms with van der Waals surface area (Å²) in [6, 6.07) is 21.9. The number of carbonyl (C=O) groups is 1. The third-order valence-corrected chi connectivity index (χ3v) is 6.54. The molecule has 1 heterocycles. The molecule has 31 heavy (non-hydrogen) atoms. The van der Waals surface area contributed by atoms with Crippen LogP contribution in [-0.2, 0) is 32.6 Å². The van der Waals surface area contributed by atoms with Gasteiger partial charge < -0.3 is 9.73 Å². The first kappa shape index (κ1) is 20.9. The van der Waals surface area contributed by atoms with Gasteiger partial charge >= 0.3 is 0 Å². The van der Waals surface area contributed by atoms with Gasteiger partial charge in [0.2, 0.25) is 5.91 Å². The standard InChI is InChI=1S/C25H23NO4S/c1-18-10-11-23-21(15-30-24(23)12-18)14-25(27)26-22-9-5-8-20(13-22)17-31(28,29)16-19-6-3-2-4-7-19/h2-13,15H,14,16-17H2,1H3,(H,26,27). The van der Waals surface area contributed by atoms with Crippen molar-refractivity contribution in [3.05, 3.63) is 101 Å². The van der Waals surface area contributed by atoms with Gasteiger partial charge in [-0.05, 0) is 41.8 Å². The molecule has 0 radical (unpaired) electrons. The van der Waals surface area contributed by atoms with Crippen LogP contribution >= 0.6 is 0 Å². The number of amides is 1. The molecular weight excluding hydrogens is 410 g/mol. The number of fused-ring (bicyclic) bond motifs is 1. The molecule has 0 saturated carbocycles. The first-order valence-corrected chi connectivity index (χ1v) is 11.8. The Labute approximate surface area is 181 Å². The molecule has 0 aliphatic carbocycles. The number of benzene rings is 3. The minimum atomic E-state index is -3.33. The van der Waals surface area contributed by atoms with E-state index in [1.165, 1.54) is 0 Å². The average molecular weight is 434 g/mol. The number of aryl methyl sites for hydroxylation is 1. The van der Waals surface area contributed by atoms with Crippen molar-refractivity contribution in [2.45, 2.75) is 24.9 Å². The van der Waals surface area contributed by atoms with Crippen molar-refractivity contribution in [2.75, 3.05) is 5.32 Å². The molecule has 6 heteroatoms. The number of carbonyl (C=O) groups excluding carboxylic acids is 1. The van der Waals surface area contributed by atoms with Gasteiger partial charge in [0, 0.05) is 16.6 Å². The Morgan fingerprint density at radius 3 is 2.45 bits per heavy atom. The molecule has 0 atom stereocenters. The fourth-order valence-corrected chi connectivity index (χ4v) is 5.07. The van der Waals surface area contributed by atoms with Crippen molar-refractivity contribution in [1.82, 2.24) is 0 Å². The lowest BCUT2D eigenvalue weighted by molar-refractivity contribution is -0.115. The third kappa shape index (κ3) is 5.41. The summed E-state index contributed by atoms with van der Waals surface area (Å²) >= 11 is 0. The first-order chi connectivity index (χ1) is 14.9. The summed E-state index contributed by atoms with van der Waals surface area (Å²) in [5, 5.41) is 3.77. The van der Waals surface area contributed by atoms with E-state index in [-0.39, 0.29) is 23.8 Å². The van der Waals surface area contributed by atoms with Crippen molar-refractivity contribution in [3.8, 4) is 0 Å². The van der Waals surface area contributed by atoms with Gasteiger partial charge in [-0.15, -0.1) is 0 Å². The zero-order chi connectivity index (χ0) is 21.8. The molecule has 0 saturated heterocycles. The number of rotatable bonds is 7. The predicted molar refractivity (Wildman–Crippen MR) is 122 cm³/mol. The molecule has 0 aliphatic rings. The summed E-state index contributed by atoms with van der Waals surface area (Å²) in [6.45, 7) is 1.99. The summed E-state index contributed by atoms with van der Waals surface area (Å²) in [4.78, 5) is 12.6. The Kier molecular flexibility index (Phi) is 5.91. The lowest BCUT2D eigenvalue weighted by atomic mass is 10.1. The maximum atomic E-state index is 12.6. The molecule has 0 aliphatic heterocycles. The van der Waals surface area contributed by atoms with Crippen LogP contribution in [0.2, 0.25) is 0 Å². The number of sulfone groups is 1. The van der Waals surface area contributed by atoms with Gasteiger partial charge in [-0.25, -0.2) is 8.42 Å². The van der Waals surface area contributed by atoms with Crippen LogP contribution in [0.15, 0.2) is 83.5 Å². The lowest BCUT2D eigenvalue weighted by Crippen LogP contribution is -2.14. The second kappa shape index (κ2) is 8.78. The number of hydrogen-bond acceptors (Lipinski definition) is 4. The maximum absolute atomic E-state index is 12.6. The molecule has 3 aromatic carbocycles. The zero-order valence-corrected chi connectivity index (χ0v) is 18.0. The summed E-state index contributed by atoms with van der Waals surface area (Å²) in [7, 11) is -3.33. The number of furan rings is 1. The van der Waals surface area contributed by atoms with E-state index in [0.29, 0.717) is 11.3 Å². The highest BCUT2D eigenvalue weighted by Crippen LogP contribution is 2.23. The molecule has 1 aromatic heterocycles. The van der Waals surface area contributed by atoms with E-state index in [0.717, 1.165) is 27.7 Å². The number of nitrogens with one attached hydrogen (secondary N) is 1. The largest absolute Gasteiger partial charge is 0.464 e. The Balaban J connectivity index is 1.42. The third-order valence-electron chi connectivity index (χ3n) is 4.99. The fourth-order valence-electron chi connectivity index (χ4n) is 3.58. The van der Waals surface area contributed by atoms with Crippen LogP contribution in [0, 0.1) is 6.92 Å². The van der Waals surface area contributed by atoms with Crippen molar-refractivity contribution in [1.29, 1.82) is 0 Å². The topological polar surface area (TPSA) is 76.4 Å². The Bertz CT molecular complexity index is 1320. The van der Waals surface area contributed by atoms with Gasteiger partial charge in [-0.2, -0.15) is 0 Å². The van der Waals surface area contributed by atoms with Crippen LogP contribution in [0.5, 0.6) is 0 Å². The van der Waals surface area contributed by atoms with E-state index in [4.69, 9.17) is 4.42 Å². The van der Waals surface area contributed by atoms with E-state index in [2.05, 4.69) is 5.32 Å². The van der Waals surface area contributed by atoms with Crippen LogP contribution in [0.1, 0.15) is 22.3 Å². The minimum absolute atomic E-state index is 0.0164. The van der Waals surface area contributed by atoms with Crippen molar-refractivity contribution in [3.63, 3.8) is 0 Å². The molecule has 4 rings (SSSR count). The highest BCUT2D eigenvalue weighted by atomic mass is 32.2. The predicted octanol–water partition coefficient (Wildman–Crippen LogP) is 5.04. The average Bonchev–Trinajstić information content (AvgIpc) is 3.09. The smallest absolute Gasteiger partial charge is 0.228 e. The van der Waals surface area contributed by atoms with E-state index in [1.807, 2.05) is 43.3 Å². The van der Waals surface area contributed by atoms with E-state index in [9.17, 15) is 13.2 Å². The van der Waals surface area contributed by atoms with Crippen LogP contribution in [-0.4, -0.2) is 14.3 Å². The number of hydrogen-bond donors (Lipinski definition) is 1. The maximum Gasteiger partial charge on any atom is 0.228 e. The van der Waals surface area contributed by atoms with Crippen molar-refractivity contribution < 1.29 is 17.6 Å². The zero-order valence-electron chi connectivity index (χ0n) is 17.2. The van der Waals surface area contributed by atoms with E-state index < -0.39 is 9.84 Å². The van der Waals surface area contributed by atoms with Gasteiger partial charge in [0.1, 0.15) is 5.58 Å². The summed E-state index contributed by atoms with van der Waals surface area (Å²) in [6.07, 6.45) is 1.78. The SMILES string of the molecule is Cc1ccc2c(CC(=O)Nc3cccc(CS(=O)(=O)Cc4ccccc4)c3)coc2c1. The van der Waals surface area contributed by atoms with Crippen LogP contribution in [0.3, 0.4) is 0 Å². The summed E-state index contributed by atoms with van der Waals surface area (Å²) in [5.74, 6) is -0.290. The quantitative estimate of drug-likeness (QED) is 0.443. The van der Waals surface area contributed by atoms with Gasteiger partial charge in [-0.3, -0.25) is 4.79 Å². The Morgan fingerprint density at radius 1 is 0.903 bits per heavy atom. The second-order valence-electron chi connectivity index (χ2n) is 7.70. The van der Waals surface area contributed by atoms with E-state index >= 15 is 0 Å². The molecule has 5 nitrogen and oxygen atoms in total. The van der Waals surface area contributed by atoms with Gasteiger partial charge in [0.05, 0.1) is 24.2 Å². The highest BCUT2D eigenvalue weighted by molar-refractivity contribution is 7.89. The molecule has 1 amide bonds. The van der Waals surface area contributed by atoms with Gasteiger partial charge in [0.15, 0.2) is 9.84 Å². The number of anilines is 1. The second-order valence-corrected chi connectivity index (χ2v) is 9.77. The molecule has 158 valence electrons. The Morgan fingerprint density at radius 2 is 1.65 bits per heavy atom. The molecule has 0 spiro atoms. The van der Waals surface area contributed by atoms with Crippen LogP contribution in [0.25, 0.3) is 11.0 Å². The Hall–Kier alpha value is -3.38.